The molecule has 0 fully saturated rings. The van der Waals surface area contributed by atoms with Crippen molar-refractivity contribution in [2.75, 3.05) is 13.2 Å². The van der Waals surface area contributed by atoms with E-state index < -0.39 is 70.7 Å². The normalized spacial score (nSPS) is 13.3. The number of aliphatic hydroxyl groups is 4. The topological polar surface area (TPSA) is 305 Å². The van der Waals surface area contributed by atoms with Crippen LogP contribution in [0.3, 0.4) is 0 Å². The zero-order valence-electron chi connectivity index (χ0n) is 25.5. The van der Waals surface area contributed by atoms with Crippen LogP contribution in [0.5, 0.6) is 0 Å². The van der Waals surface area contributed by atoms with Gasteiger partial charge in [-0.3, -0.25) is 19.2 Å². The standard InChI is InChI=1S/2C10H16O7.2C3H8O.Zr/c2*1-3-9(4-2,7(13)14)10(17,8(15)16)5-6(11)12;2*1-2-3-4;/h2*17H,3-5H2,1-2H3,(H,11,12)(H,13,14)(H,15,16);2*4H,2-3H2,1H3;. The van der Waals surface area contributed by atoms with Crippen molar-refractivity contribution in [2.24, 2.45) is 10.8 Å². The molecule has 0 spiro atoms. The molecule has 0 rings (SSSR count). The molecule has 10 N–H and O–H groups in total. The van der Waals surface area contributed by atoms with E-state index in [9.17, 15) is 39.0 Å². The summed E-state index contributed by atoms with van der Waals surface area (Å²) in [5.41, 5.74) is -9.68. The molecule has 16 nitrogen and oxygen atoms in total. The first-order valence-corrected chi connectivity index (χ1v) is 13.2. The quantitative estimate of drug-likeness (QED) is 0.107. The summed E-state index contributed by atoms with van der Waals surface area (Å²) in [6.45, 7) is 10.1. The fourth-order valence-corrected chi connectivity index (χ4v) is 3.97. The number of rotatable bonds is 16. The van der Waals surface area contributed by atoms with Crippen LogP contribution in [0, 0.1) is 10.8 Å². The van der Waals surface area contributed by atoms with Crippen LogP contribution >= 0.6 is 0 Å². The molecule has 252 valence electrons. The maximum absolute atomic E-state index is 11.2. The van der Waals surface area contributed by atoms with Crippen molar-refractivity contribution < 1.29 is 106 Å². The minimum Gasteiger partial charge on any atom is -0.481 e. The molecule has 2 atom stereocenters. The van der Waals surface area contributed by atoms with Gasteiger partial charge in [-0.05, 0) is 38.5 Å². The Morgan fingerprint density at radius 1 is 0.465 bits per heavy atom. The van der Waals surface area contributed by atoms with Crippen molar-refractivity contribution >= 4 is 35.8 Å². The second-order valence-corrected chi connectivity index (χ2v) is 9.11. The first-order chi connectivity index (χ1) is 19.2. The van der Waals surface area contributed by atoms with Crippen molar-refractivity contribution in [2.45, 2.75) is 104 Å². The van der Waals surface area contributed by atoms with Crippen LogP contribution in [-0.2, 0) is 55.0 Å². The molecule has 0 bridgehead atoms. The molecule has 0 amide bonds. The van der Waals surface area contributed by atoms with Gasteiger partial charge in [0.1, 0.15) is 10.8 Å². The average molecular weight is 708 g/mol. The molecule has 0 saturated heterocycles. The predicted octanol–water partition coefficient (Wildman–Crippen LogP) is 1.11. The number of carbonyl (C=O) groups is 6. The van der Waals surface area contributed by atoms with Crippen LogP contribution in [0.15, 0.2) is 0 Å². The Morgan fingerprint density at radius 2 is 0.651 bits per heavy atom. The Balaban J connectivity index is -0.000000175. The summed E-state index contributed by atoms with van der Waals surface area (Å²) in [7, 11) is 0. The number of carboxylic acid groups (broad SMARTS) is 6. The molecule has 0 radical (unpaired) electrons. The average Bonchev–Trinajstić information content (AvgIpc) is 2.89. The van der Waals surface area contributed by atoms with Gasteiger partial charge in [-0.1, -0.05) is 41.5 Å². The molecule has 0 aromatic carbocycles. The number of carboxylic acids is 6. The Morgan fingerprint density at radius 3 is 0.721 bits per heavy atom. The first-order valence-electron chi connectivity index (χ1n) is 13.2. The van der Waals surface area contributed by atoms with Crippen molar-refractivity contribution in [3.05, 3.63) is 0 Å². The molecular weight excluding hydrogens is 659 g/mol. The van der Waals surface area contributed by atoms with E-state index >= 15 is 0 Å². The first kappa shape index (κ1) is 50.2. The van der Waals surface area contributed by atoms with Crippen LogP contribution < -0.4 is 0 Å². The maximum Gasteiger partial charge on any atom is 0.337 e. The van der Waals surface area contributed by atoms with Crippen molar-refractivity contribution in [3.8, 4) is 0 Å². The molecule has 2 unspecified atom stereocenters. The van der Waals surface area contributed by atoms with Gasteiger partial charge < -0.3 is 51.1 Å². The molecule has 0 heterocycles. The number of hydrogen-bond donors (Lipinski definition) is 10. The Hall–Kier alpha value is -2.46. The van der Waals surface area contributed by atoms with Gasteiger partial charge in [0.25, 0.3) is 0 Å². The SMILES string of the molecule is CCC(CC)(C(=O)O)C(O)(CC(=O)O)C(=O)O.CCC(CC)(C(=O)O)C(O)(CC(=O)O)C(=O)O.CCCO.CCCO.[Zr]. The fourth-order valence-electron chi connectivity index (χ4n) is 3.97. The Bertz CT molecular complexity index is 795. The molecular formula is C26H48O16Zr. The minimum absolute atomic E-state index is 0. The van der Waals surface area contributed by atoms with Crippen LogP contribution in [0.2, 0.25) is 0 Å². The third kappa shape index (κ3) is 13.8. The van der Waals surface area contributed by atoms with E-state index in [-0.39, 0.29) is 51.9 Å². The molecule has 0 aromatic heterocycles. The van der Waals surface area contributed by atoms with E-state index in [4.69, 9.17) is 40.9 Å². The van der Waals surface area contributed by atoms with E-state index in [1.807, 2.05) is 13.8 Å². The number of hydrogen-bond acceptors (Lipinski definition) is 10. The third-order valence-electron chi connectivity index (χ3n) is 6.79. The molecule has 0 aliphatic rings. The minimum atomic E-state index is -2.83. The summed E-state index contributed by atoms with van der Waals surface area (Å²) >= 11 is 0. The Labute approximate surface area is 269 Å². The molecule has 0 aromatic rings. The van der Waals surface area contributed by atoms with E-state index in [2.05, 4.69) is 0 Å². The van der Waals surface area contributed by atoms with Gasteiger partial charge in [0.15, 0.2) is 11.2 Å². The summed E-state index contributed by atoms with van der Waals surface area (Å²) in [6.07, 6.45) is -1.31. The van der Waals surface area contributed by atoms with Crippen molar-refractivity contribution in [1.29, 1.82) is 0 Å². The molecule has 17 heteroatoms. The maximum atomic E-state index is 11.2. The van der Waals surface area contributed by atoms with Gasteiger partial charge in [-0.2, -0.15) is 0 Å². The van der Waals surface area contributed by atoms with Crippen molar-refractivity contribution in [1.82, 2.24) is 0 Å². The van der Waals surface area contributed by atoms with Crippen LogP contribution in [0.4, 0.5) is 0 Å². The van der Waals surface area contributed by atoms with Gasteiger partial charge in [0, 0.05) is 39.4 Å². The number of aliphatic carboxylic acids is 6. The fraction of sp³-hybridized carbons (Fsp3) is 0.769. The predicted molar refractivity (Wildman–Crippen MR) is 146 cm³/mol. The van der Waals surface area contributed by atoms with E-state index in [1.54, 1.807) is 0 Å². The summed E-state index contributed by atoms with van der Waals surface area (Å²) in [5.74, 6) is -9.86. The van der Waals surface area contributed by atoms with Gasteiger partial charge in [-0.15, -0.1) is 0 Å². The molecule has 0 aliphatic heterocycles. The monoisotopic (exact) mass is 706 g/mol. The van der Waals surface area contributed by atoms with Crippen LogP contribution in [0.25, 0.3) is 0 Å². The van der Waals surface area contributed by atoms with Gasteiger partial charge in [0.2, 0.25) is 0 Å². The van der Waals surface area contributed by atoms with Crippen molar-refractivity contribution in [3.63, 3.8) is 0 Å². The molecule has 0 aliphatic carbocycles. The Kier molecular flexibility index (Phi) is 27.9. The van der Waals surface area contributed by atoms with Gasteiger partial charge >= 0.3 is 35.8 Å². The second kappa shape index (κ2) is 23.9. The summed E-state index contributed by atoms with van der Waals surface area (Å²) in [6, 6.07) is 0. The van der Waals surface area contributed by atoms with Gasteiger partial charge in [0.05, 0.1) is 12.8 Å². The summed E-state index contributed by atoms with van der Waals surface area (Å²) in [5, 5.41) is 89.1. The largest absolute Gasteiger partial charge is 0.481 e. The van der Waals surface area contributed by atoms with Crippen LogP contribution in [-0.4, -0.2) is 111 Å². The molecule has 43 heavy (non-hydrogen) atoms. The zero-order chi connectivity index (χ0) is 34.5. The van der Waals surface area contributed by atoms with E-state index in [0.717, 1.165) is 12.8 Å². The third-order valence-corrected chi connectivity index (χ3v) is 6.79. The second-order valence-electron chi connectivity index (χ2n) is 9.11. The van der Waals surface area contributed by atoms with Crippen LogP contribution in [0.1, 0.15) is 92.9 Å². The summed E-state index contributed by atoms with van der Waals surface area (Å²) < 4.78 is 0. The summed E-state index contributed by atoms with van der Waals surface area (Å²) in [4.78, 5) is 65.7. The smallest absolute Gasteiger partial charge is 0.337 e. The van der Waals surface area contributed by atoms with Gasteiger partial charge in [-0.25, -0.2) is 9.59 Å². The number of aliphatic hydroxyl groups excluding tert-OH is 2. The van der Waals surface area contributed by atoms with E-state index in [0.29, 0.717) is 13.2 Å². The van der Waals surface area contributed by atoms with E-state index in [1.165, 1.54) is 27.7 Å². The molecule has 0 saturated carbocycles. The zero-order valence-corrected chi connectivity index (χ0v) is 28.0.